The van der Waals surface area contributed by atoms with Gasteiger partial charge in [-0.2, -0.15) is 9.94 Å². The van der Waals surface area contributed by atoms with Gasteiger partial charge < -0.3 is 0 Å². The number of hydrogen-bond donors (Lipinski definition) is 0. The Labute approximate surface area is 193 Å². The maximum absolute atomic E-state index is 13.3. The largest absolute Gasteiger partial charge is 0.298 e. The molecule has 4 rings (SSSR count). The second-order valence-electron chi connectivity index (χ2n) is 7.05. The van der Waals surface area contributed by atoms with Gasteiger partial charge in [-0.3, -0.25) is 19.2 Å². The fourth-order valence-corrected chi connectivity index (χ4v) is 4.17. The van der Waals surface area contributed by atoms with Crippen LogP contribution in [-0.2, 0) is 11.8 Å². The minimum absolute atomic E-state index is 0.00426. The van der Waals surface area contributed by atoms with Crippen LogP contribution < -0.4 is 10.5 Å². The third-order valence-corrected chi connectivity index (χ3v) is 6.00. The second-order valence-corrected chi connectivity index (χ2v) is 7.99. The number of anilines is 1. The van der Waals surface area contributed by atoms with Gasteiger partial charge in [0.1, 0.15) is 6.54 Å². The van der Waals surface area contributed by atoms with E-state index in [2.05, 4.69) is 15.5 Å². The van der Waals surface area contributed by atoms with Crippen molar-refractivity contribution < 1.29 is 4.79 Å². The number of carbonyl (C=O) groups is 1. The highest BCUT2D eigenvalue weighted by atomic mass is 32.2. The van der Waals surface area contributed by atoms with E-state index >= 15 is 0 Å². The van der Waals surface area contributed by atoms with Gasteiger partial charge in [-0.25, -0.2) is 4.68 Å². The number of amides is 1. The van der Waals surface area contributed by atoms with Gasteiger partial charge in [0.15, 0.2) is 5.69 Å². The number of hydrogen-bond acceptors (Lipinski definition) is 7. The van der Waals surface area contributed by atoms with Crippen molar-refractivity contribution in [2.45, 2.75) is 12.1 Å². The van der Waals surface area contributed by atoms with Crippen molar-refractivity contribution in [2.24, 2.45) is 7.05 Å². The highest BCUT2D eigenvalue weighted by molar-refractivity contribution is 7.99. The number of nitrogens with zero attached hydrogens (tertiary/aromatic N) is 8. The Morgan fingerprint density at radius 1 is 1.12 bits per heavy atom. The highest BCUT2D eigenvalue weighted by Gasteiger charge is 2.23. The normalized spacial score (nSPS) is 10.7. The van der Waals surface area contributed by atoms with E-state index in [1.165, 1.54) is 14.3 Å². The number of aromatic nitrogens is 6. The van der Waals surface area contributed by atoms with E-state index in [-0.39, 0.29) is 23.8 Å². The molecule has 11 heteroatoms. The lowest BCUT2D eigenvalue weighted by molar-refractivity contribution is -0.116. The fraction of sp³-hybridized carbons (Fsp3) is 0.182. The molecule has 10 nitrogen and oxygen atoms in total. The Morgan fingerprint density at radius 3 is 2.45 bits per heavy atom. The first-order chi connectivity index (χ1) is 16.0. The van der Waals surface area contributed by atoms with Crippen LogP contribution in [-0.4, -0.2) is 47.8 Å². The van der Waals surface area contributed by atoms with E-state index in [1.807, 2.05) is 49.4 Å². The summed E-state index contributed by atoms with van der Waals surface area (Å²) in [4.78, 5) is 27.5. The lowest BCUT2D eigenvalue weighted by Crippen LogP contribution is -2.32. The van der Waals surface area contributed by atoms with Gasteiger partial charge in [0.05, 0.1) is 23.2 Å². The van der Waals surface area contributed by atoms with Crippen LogP contribution in [0, 0.1) is 18.3 Å². The molecular weight excluding hydrogens is 440 g/mol. The highest BCUT2D eigenvalue weighted by Crippen LogP contribution is 2.22. The quantitative estimate of drug-likeness (QED) is 0.306. The van der Waals surface area contributed by atoms with E-state index in [9.17, 15) is 9.59 Å². The van der Waals surface area contributed by atoms with Crippen molar-refractivity contribution in [2.75, 3.05) is 17.2 Å². The Kier molecular flexibility index (Phi) is 6.37. The summed E-state index contributed by atoms with van der Waals surface area (Å²) in [5.41, 5.74) is 2.04. The number of benzene rings is 2. The topological polar surface area (TPSA) is 115 Å². The maximum atomic E-state index is 13.3. The van der Waals surface area contributed by atoms with Crippen LogP contribution >= 0.6 is 11.8 Å². The average Bonchev–Trinajstić information content (AvgIpc) is 3.38. The monoisotopic (exact) mass is 460 g/mol. The third-order valence-electron chi connectivity index (χ3n) is 5.10. The minimum Gasteiger partial charge on any atom is -0.298 e. The van der Waals surface area contributed by atoms with Crippen LogP contribution in [0.3, 0.4) is 0 Å². The predicted octanol–water partition coefficient (Wildman–Crippen LogP) is 2.11. The third kappa shape index (κ3) is 4.28. The summed E-state index contributed by atoms with van der Waals surface area (Å²) in [6, 6.07) is 20.3. The van der Waals surface area contributed by atoms with Crippen LogP contribution in [0.25, 0.3) is 11.4 Å². The molecule has 0 atom stereocenters. The van der Waals surface area contributed by atoms with Gasteiger partial charge in [-0.15, -0.1) is 5.10 Å². The molecule has 0 radical (unpaired) electrons. The molecule has 0 saturated heterocycles. The molecule has 0 aliphatic rings. The summed E-state index contributed by atoms with van der Waals surface area (Å²) < 4.78 is 4.63. The molecule has 166 valence electrons. The van der Waals surface area contributed by atoms with Gasteiger partial charge in [0.25, 0.3) is 5.56 Å². The van der Waals surface area contributed by atoms with Crippen molar-refractivity contribution in [3.8, 4) is 17.4 Å². The van der Waals surface area contributed by atoms with E-state index in [1.54, 1.807) is 36.0 Å². The first kappa shape index (κ1) is 22.0. The van der Waals surface area contributed by atoms with E-state index in [0.29, 0.717) is 27.9 Å². The molecule has 0 bridgehead atoms. The average molecular weight is 461 g/mol. The lowest BCUT2D eigenvalue weighted by Gasteiger charge is -2.19. The molecule has 33 heavy (non-hydrogen) atoms. The lowest BCUT2D eigenvalue weighted by atomic mass is 10.3. The molecule has 2 aromatic heterocycles. The maximum Gasteiger partial charge on any atom is 0.297 e. The van der Waals surface area contributed by atoms with E-state index in [0.717, 1.165) is 11.8 Å². The molecule has 0 spiro atoms. The summed E-state index contributed by atoms with van der Waals surface area (Å²) in [6.45, 7) is 1.73. The first-order valence-electron chi connectivity index (χ1n) is 10.0. The number of nitriles is 1. The molecular formula is C22H20N8O2S. The van der Waals surface area contributed by atoms with Crippen LogP contribution in [0.15, 0.2) is 70.6 Å². The van der Waals surface area contributed by atoms with Crippen LogP contribution in [0.4, 0.5) is 5.69 Å². The Morgan fingerprint density at radius 2 is 1.79 bits per heavy atom. The van der Waals surface area contributed by atoms with Crippen LogP contribution in [0.2, 0.25) is 0 Å². The molecule has 0 unspecified atom stereocenters. The number of thioether (sulfide) groups is 1. The second kappa shape index (κ2) is 9.54. The Hall–Kier alpha value is -4.17. The zero-order valence-corrected chi connectivity index (χ0v) is 18.8. The van der Waals surface area contributed by atoms with Crippen molar-refractivity contribution in [1.29, 1.82) is 5.26 Å². The minimum atomic E-state index is -0.280. The summed E-state index contributed by atoms with van der Waals surface area (Å²) in [5, 5.41) is 21.2. The number of rotatable bonds is 7. The van der Waals surface area contributed by atoms with Crippen molar-refractivity contribution >= 4 is 23.4 Å². The fourth-order valence-electron chi connectivity index (χ4n) is 3.41. The number of para-hydroxylation sites is 2. The summed E-state index contributed by atoms with van der Waals surface area (Å²) in [7, 11) is 1.79. The first-order valence-corrected chi connectivity index (χ1v) is 11.0. The van der Waals surface area contributed by atoms with Crippen molar-refractivity contribution in [3.63, 3.8) is 0 Å². The molecule has 4 aromatic rings. The van der Waals surface area contributed by atoms with Gasteiger partial charge >= 0.3 is 0 Å². The molecule has 0 saturated carbocycles. The summed E-state index contributed by atoms with van der Waals surface area (Å²) in [5.74, 6) is -0.274. The smallest absolute Gasteiger partial charge is 0.297 e. The molecule has 0 aliphatic carbocycles. The summed E-state index contributed by atoms with van der Waals surface area (Å²) in [6.07, 6.45) is 0. The molecule has 0 aliphatic heterocycles. The van der Waals surface area contributed by atoms with E-state index in [4.69, 9.17) is 5.26 Å². The van der Waals surface area contributed by atoms with Crippen molar-refractivity contribution in [3.05, 3.63) is 76.7 Å². The predicted molar refractivity (Wildman–Crippen MR) is 124 cm³/mol. The number of tetrazole rings is 1. The van der Waals surface area contributed by atoms with Gasteiger partial charge in [-0.1, -0.05) is 48.2 Å². The SMILES string of the molecule is Cc1c(-n2nnnc2SCC(=O)N(CC#N)c2ccccc2)c(=O)n(-c2ccccc2)n1C. The molecule has 0 N–H and O–H groups in total. The molecule has 2 heterocycles. The summed E-state index contributed by atoms with van der Waals surface area (Å²) >= 11 is 1.10. The zero-order chi connectivity index (χ0) is 23.4. The van der Waals surface area contributed by atoms with Gasteiger partial charge in [0, 0.05) is 12.7 Å². The molecule has 0 fully saturated rings. The standard InChI is InChI=1S/C22H20N8O2S/c1-16-20(21(32)30(27(16)2)18-11-7-4-8-12-18)29-22(24-25-26-29)33-15-19(31)28(14-13-23)17-9-5-3-6-10-17/h3-12H,14-15H2,1-2H3. The van der Waals surface area contributed by atoms with E-state index < -0.39 is 0 Å². The van der Waals surface area contributed by atoms with Gasteiger partial charge in [0.2, 0.25) is 11.1 Å². The Bertz CT molecular complexity index is 1370. The Balaban J connectivity index is 1.62. The molecule has 2 aromatic carbocycles. The van der Waals surface area contributed by atoms with Gasteiger partial charge in [-0.05, 0) is 41.6 Å². The van der Waals surface area contributed by atoms with Crippen LogP contribution in [0.1, 0.15) is 5.69 Å². The number of carbonyl (C=O) groups excluding carboxylic acids is 1. The van der Waals surface area contributed by atoms with Crippen LogP contribution in [0.5, 0.6) is 0 Å². The van der Waals surface area contributed by atoms with Crippen molar-refractivity contribution in [1.82, 2.24) is 29.6 Å². The molecule has 1 amide bonds. The zero-order valence-electron chi connectivity index (χ0n) is 18.0.